The number of aromatic nitrogens is 1. The summed E-state index contributed by atoms with van der Waals surface area (Å²) < 4.78 is 1.90. The largest absolute Gasteiger partial charge is 0.312 e. The van der Waals surface area contributed by atoms with Crippen molar-refractivity contribution in [1.29, 1.82) is 0 Å². The number of fused-ring (bicyclic) bond motifs is 4. The monoisotopic (exact) mass is 376 g/mol. The lowest BCUT2D eigenvalue weighted by Crippen LogP contribution is -2.48. The normalized spacial score (nSPS) is 22.5. The number of ketones is 1. The molecule has 0 spiro atoms. The van der Waals surface area contributed by atoms with E-state index in [9.17, 15) is 9.59 Å². The highest BCUT2D eigenvalue weighted by molar-refractivity contribution is 6.36. The number of halogens is 2. The van der Waals surface area contributed by atoms with Crippen molar-refractivity contribution >= 4 is 29.0 Å². The van der Waals surface area contributed by atoms with Crippen molar-refractivity contribution in [1.82, 2.24) is 9.47 Å². The fourth-order valence-electron chi connectivity index (χ4n) is 4.13. The summed E-state index contributed by atoms with van der Waals surface area (Å²) in [5.41, 5.74) is 1.67. The number of rotatable bonds is 3. The van der Waals surface area contributed by atoms with Crippen molar-refractivity contribution in [3.63, 3.8) is 0 Å². The molecule has 1 saturated heterocycles. The molecule has 1 aromatic heterocycles. The molecule has 0 unspecified atom stereocenters. The van der Waals surface area contributed by atoms with Gasteiger partial charge in [0, 0.05) is 47.9 Å². The highest BCUT2D eigenvalue weighted by atomic mass is 35.5. The summed E-state index contributed by atoms with van der Waals surface area (Å²) in [6.07, 6.45) is 1.08. The number of hydrogen-bond acceptors (Lipinski definition) is 3. The van der Waals surface area contributed by atoms with Gasteiger partial charge >= 0.3 is 0 Å². The highest BCUT2D eigenvalue weighted by Gasteiger charge is 2.35. The average Bonchev–Trinajstić information content (AvgIpc) is 2.55. The third-order valence-corrected chi connectivity index (χ3v) is 5.70. The third-order valence-electron chi connectivity index (χ3n) is 5.15. The number of likely N-dealkylation sites (tertiary alicyclic amines) is 1. The van der Waals surface area contributed by atoms with Gasteiger partial charge in [0.2, 0.25) is 0 Å². The lowest BCUT2D eigenvalue weighted by molar-refractivity contribution is 0.0817. The van der Waals surface area contributed by atoms with E-state index in [1.807, 2.05) is 16.7 Å². The van der Waals surface area contributed by atoms with Gasteiger partial charge in [0.1, 0.15) is 0 Å². The topological polar surface area (TPSA) is 42.3 Å². The minimum atomic E-state index is 0.00657. The molecule has 0 N–H and O–H groups in total. The first kappa shape index (κ1) is 16.8. The fraction of sp³-hybridized carbons (Fsp3) is 0.368. The molecule has 2 aromatic rings. The van der Waals surface area contributed by atoms with E-state index in [1.54, 1.807) is 24.3 Å². The minimum Gasteiger partial charge on any atom is -0.312 e. The van der Waals surface area contributed by atoms with Crippen LogP contribution >= 0.6 is 23.2 Å². The predicted octanol–water partition coefficient (Wildman–Crippen LogP) is 3.46. The van der Waals surface area contributed by atoms with Crippen molar-refractivity contribution in [2.45, 2.75) is 18.9 Å². The van der Waals surface area contributed by atoms with E-state index in [-0.39, 0.29) is 11.3 Å². The van der Waals surface area contributed by atoms with Crippen molar-refractivity contribution in [2.75, 3.05) is 19.6 Å². The molecule has 2 aliphatic heterocycles. The summed E-state index contributed by atoms with van der Waals surface area (Å²) in [5.74, 6) is 0.710. The lowest BCUT2D eigenvalue weighted by Gasteiger charge is -2.42. The Bertz CT molecular complexity index is 893. The first-order valence-corrected chi connectivity index (χ1v) is 9.17. The first-order chi connectivity index (χ1) is 12.0. The molecule has 4 nitrogen and oxygen atoms in total. The number of nitrogens with zero attached hydrogens (tertiary/aromatic N) is 2. The quantitative estimate of drug-likeness (QED) is 0.770. The molecule has 2 atom stereocenters. The SMILES string of the molecule is O=C(CN1C[C@@H]2C[C@@H](C1)c1cccc(=O)n1C2)c1ccc(Cl)cc1Cl. The van der Waals surface area contributed by atoms with Crippen LogP contribution in [0.15, 0.2) is 41.2 Å². The van der Waals surface area contributed by atoms with Crippen molar-refractivity contribution in [3.05, 3.63) is 68.1 Å². The second-order valence-corrected chi connectivity index (χ2v) is 7.78. The van der Waals surface area contributed by atoms with Crippen molar-refractivity contribution in [3.8, 4) is 0 Å². The smallest absolute Gasteiger partial charge is 0.250 e. The van der Waals surface area contributed by atoms with Crippen LogP contribution in [-0.4, -0.2) is 34.9 Å². The van der Waals surface area contributed by atoms with Crippen LogP contribution in [0.2, 0.25) is 10.0 Å². The molecule has 0 aliphatic carbocycles. The third kappa shape index (κ3) is 3.26. The van der Waals surface area contributed by atoms with Gasteiger partial charge in [0.15, 0.2) is 5.78 Å². The highest BCUT2D eigenvalue weighted by Crippen LogP contribution is 2.35. The summed E-state index contributed by atoms with van der Waals surface area (Å²) in [4.78, 5) is 26.9. The maximum absolute atomic E-state index is 12.6. The van der Waals surface area contributed by atoms with E-state index < -0.39 is 0 Å². The molecule has 130 valence electrons. The van der Waals surface area contributed by atoms with Gasteiger partial charge in [-0.05, 0) is 36.6 Å². The number of piperidine rings is 1. The minimum absolute atomic E-state index is 0.00657. The molecule has 3 heterocycles. The fourth-order valence-corrected chi connectivity index (χ4v) is 4.64. The number of benzene rings is 1. The Morgan fingerprint density at radius 3 is 2.76 bits per heavy atom. The Hall–Kier alpha value is -1.62. The van der Waals surface area contributed by atoms with Crippen LogP contribution in [-0.2, 0) is 6.54 Å². The zero-order valence-electron chi connectivity index (χ0n) is 13.6. The van der Waals surface area contributed by atoms with E-state index in [1.165, 1.54) is 0 Å². The Balaban J connectivity index is 1.53. The molecule has 25 heavy (non-hydrogen) atoms. The molecule has 6 heteroatoms. The number of carbonyl (C=O) groups is 1. The van der Waals surface area contributed by atoms with Gasteiger partial charge < -0.3 is 4.57 Å². The Kier molecular flexibility index (Phi) is 4.44. The van der Waals surface area contributed by atoms with E-state index in [2.05, 4.69) is 4.90 Å². The molecule has 2 aliphatic rings. The van der Waals surface area contributed by atoms with Crippen molar-refractivity contribution in [2.24, 2.45) is 5.92 Å². The van der Waals surface area contributed by atoms with Crippen LogP contribution in [0.1, 0.15) is 28.4 Å². The maximum Gasteiger partial charge on any atom is 0.250 e. The molecule has 2 bridgehead atoms. The van der Waals surface area contributed by atoms with E-state index in [4.69, 9.17) is 23.2 Å². The van der Waals surface area contributed by atoms with Gasteiger partial charge in [-0.3, -0.25) is 14.5 Å². The summed E-state index contributed by atoms with van der Waals surface area (Å²) in [7, 11) is 0. The van der Waals surface area contributed by atoms with Gasteiger partial charge in [-0.1, -0.05) is 29.3 Å². The molecule has 4 rings (SSSR count). The molecular weight excluding hydrogens is 359 g/mol. The Morgan fingerprint density at radius 1 is 1.12 bits per heavy atom. The van der Waals surface area contributed by atoms with Crippen LogP contribution in [0.5, 0.6) is 0 Å². The summed E-state index contributed by atoms with van der Waals surface area (Å²) in [6.45, 7) is 2.69. The number of pyridine rings is 1. The zero-order valence-corrected chi connectivity index (χ0v) is 15.1. The summed E-state index contributed by atoms with van der Waals surface area (Å²) in [5, 5.41) is 0.919. The van der Waals surface area contributed by atoms with Crippen molar-refractivity contribution < 1.29 is 4.79 Å². The first-order valence-electron chi connectivity index (χ1n) is 8.41. The number of Topliss-reactive ketones (excluding diaryl/α,β-unsaturated/α-hetero) is 1. The van der Waals surface area contributed by atoms with Crippen LogP contribution in [0, 0.1) is 5.92 Å². The molecule has 1 aromatic carbocycles. The zero-order chi connectivity index (χ0) is 17.6. The number of hydrogen-bond donors (Lipinski definition) is 0. The van der Waals surface area contributed by atoms with Gasteiger partial charge in [-0.2, -0.15) is 0 Å². The van der Waals surface area contributed by atoms with Crippen LogP contribution in [0.3, 0.4) is 0 Å². The predicted molar refractivity (Wildman–Crippen MR) is 98.8 cm³/mol. The van der Waals surface area contributed by atoms with Crippen LogP contribution in [0.25, 0.3) is 0 Å². The van der Waals surface area contributed by atoms with Gasteiger partial charge in [-0.25, -0.2) is 0 Å². The Labute approximate surface area is 156 Å². The molecule has 1 fully saturated rings. The standard InChI is InChI=1S/C19H18Cl2N2O2/c20-14-4-5-15(16(21)7-14)18(24)11-22-8-12-6-13(10-22)17-2-1-3-19(25)23(17)9-12/h1-5,7,12-13H,6,8-11H2/t12-,13-/m0/s1. The van der Waals surface area contributed by atoms with Gasteiger partial charge in [0.25, 0.3) is 5.56 Å². The second kappa shape index (κ2) is 6.60. The summed E-state index contributed by atoms with van der Waals surface area (Å²) >= 11 is 12.1. The van der Waals surface area contributed by atoms with E-state index in [0.29, 0.717) is 34.0 Å². The average molecular weight is 377 g/mol. The van der Waals surface area contributed by atoms with Gasteiger partial charge in [0.05, 0.1) is 11.6 Å². The molecule has 0 radical (unpaired) electrons. The summed E-state index contributed by atoms with van der Waals surface area (Å²) in [6, 6.07) is 10.5. The molecular formula is C19H18Cl2N2O2. The molecule has 0 amide bonds. The van der Waals surface area contributed by atoms with Crippen LogP contribution < -0.4 is 5.56 Å². The Morgan fingerprint density at radius 2 is 1.96 bits per heavy atom. The van der Waals surface area contributed by atoms with E-state index >= 15 is 0 Å². The maximum atomic E-state index is 12.6. The second-order valence-electron chi connectivity index (χ2n) is 6.94. The van der Waals surface area contributed by atoms with Crippen LogP contribution in [0.4, 0.5) is 0 Å². The molecule has 0 saturated carbocycles. The number of carbonyl (C=O) groups excluding carboxylic acids is 1. The van der Waals surface area contributed by atoms with E-state index in [0.717, 1.165) is 31.7 Å². The van der Waals surface area contributed by atoms with Gasteiger partial charge in [-0.15, -0.1) is 0 Å². The lowest BCUT2D eigenvalue weighted by atomic mass is 9.83.